The number of carbonyl (C=O) groups is 2. The van der Waals surface area contributed by atoms with Gasteiger partial charge in [0.05, 0.1) is 17.9 Å². The first-order valence-corrected chi connectivity index (χ1v) is 5.97. The summed E-state index contributed by atoms with van der Waals surface area (Å²) in [7, 11) is 0. The summed E-state index contributed by atoms with van der Waals surface area (Å²) in [5.41, 5.74) is 6.98. The molecular weight excluding hydrogens is 263 g/mol. The number of carbonyl (C=O) groups excluding carboxylic acids is 2. The van der Waals surface area contributed by atoms with Gasteiger partial charge in [-0.1, -0.05) is 0 Å². The minimum absolute atomic E-state index is 0.137. The molecule has 0 fully saturated rings. The molecule has 1 heterocycles. The summed E-state index contributed by atoms with van der Waals surface area (Å²) in [6, 6.07) is 3.76. The lowest BCUT2D eigenvalue weighted by Crippen LogP contribution is -2.06. The number of aromatic nitrogens is 1. The van der Waals surface area contributed by atoms with E-state index >= 15 is 0 Å². The smallest absolute Gasteiger partial charge is 0.340 e. The number of esters is 1. The second-order valence-electron chi connectivity index (χ2n) is 4.06. The van der Waals surface area contributed by atoms with Gasteiger partial charge in [-0.25, -0.2) is 9.18 Å². The molecule has 2 aromatic rings. The van der Waals surface area contributed by atoms with E-state index in [0.29, 0.717) is 17.4 Å². The van der Waals surface area contributed by atoms with Crippen LogP contribution in [0.4, 0.5) is 10.1 Å². The number of H-pyrrole nitrogens is 1. The summed E-state index contributed by atoms with van der Waals surface area (Å²) in [4.78, 5) is 25.6. The SMILES string of the molecule is CCOC(=O)c1c[nH]c(C=O)c1-c1ccc(F)cc1N. The molecule has 0 bridgehead atoms. The van der Waals surface area contributed by atoms with Gasteiger partial charge in [0.25, 0.3) is 0 Å². The number of rotatable bonds is 4. The molecule has 104 valence electrons. The minimum atomic E-state index is -0.574. The van der Waals surface area contributed by atoms with Gasteiger partial charge in [-0.05, 0) is 25.1 Å². The average Bonchev–Trinajstić information content (AvgIpc) is 2.82. The number of nitrogen functional groups attached to an aromatic ring is 1. The molecule has 3 N–H and O–H groups in total. The number of benzene rings is 1. The highest BCUT2D eigenvalue weighted by Crippen LogP contribution is 2.32. The maximum absolute atomic E-state index is 13.1. The van der Waals surface area contributed by atoms with Crippen molar-refractivity contribution in [1.82, 2.24) is 4.98 Å². The van der Waals surface area contributed by atoms with Gasteiger partial charge in [-0.2, -0.15) is 0 Å². The predicted octanol–water partition coefficient (Wildman–Crippen LogP) is 2.39. The van der Waals surface area contributed by atoms with Crippen molar-refractivity contribution in [3.63, 3.8) is 0 Å². The van der Waals surface area contributed by atoms with Gasteiger partial charge >= 0.3 is 5.97 Å². The van der Waals surface area contributed by atoms with Crippen molar-refractivity contribution < 1.29 is 18.7 Å². The molecule has 0 aliphatic rings. The summed E-state index contributed by atoms with van der Waals surface area (Å²) in [5.74, 6) is -1.07. The van der Waals surface area contributed by atoms with E-state index in [9.17, 15) is 14.0 Å². The van der Waals surface area contributed by atoms with Crippen LogP contribution >= 0.6 is 0 Å². The molecule has 0 spiro atoms. The first kappa shape index (κ1) is 13.8. The fourth-order valence-corrected chi connectivity index (χ4v) is 1.95. The zero-order valence-corrected chi connectivity index (χ0v) is 10.8. The molecule has 5 nitrogen and oxygen atoms in total. The Labute approximate surface area is 114 Å². The van der Waals surface area contributed by atoms with Crippen molar-refractivity contribution in [3.8, 4) is 11.1 Å². The Morgan fingerprint density at radius 3 is 2.85 bits per heavy atom. The molecule has 0 radical (unpaired) electrons. The normalized spacial score (nSPS) is 10.3. The number of anilines is 1. The lowest BCUT2D eigenvalue weighted by molar-refractivity contribution is 0.0527. The highest BCUT2D eigenvalue weighted by atomic mass is 19.1. The van der Waals surface area contributed by atoms with Crippen LogP contribution in [0.1, 0.15) is 27.8 Å². The van der Waals surface area contributed by atoms with Crippen molar-refractivity contribution in [2.24, 2.45) is 0 Å². The Kier molecular flexibility index (Phi) is 3.84. The molecule has 2 rings (SSSR count). The van der Waals surface area contributed by atoms with E-state index in [1.54, 1.807) is 6.92 Å². The molecule has 1 aromatic heterocycles. The molecule has 0 aliphatic heterocycles. The van der Waals surface area contributed by atoms with Crippen LogP contribution < -0.4 is 5.73 Å². The first-order valence-electron chi connectivity index (χ1n) is 5.97. The van der Waals surface area contributed by atoms with Crippen LogP contribution in [0.3, 0.4) is 0 Å². The zero-order chi connectivity index (χ0) is 14.7. The topological polar surface area (TPSA) is 85.2 Å². The fourth-order valence-electron chi connectivity index (χ4n) is 1.95. The Morgan fingerprint density at radius 1 is 1.50 bits per heavy atom. The summed E-state index contributed by atoms with van der Waals surface area (Å²) in [6.45, 7) is 1.88. The number of aromatic amines is 1. The second-order valence-corrected chi connectivity index (χ2v) is 4.06. The Hall–Kier alpha value is -2.63. The maximum Gasteiger partial charge on any atom is 0.340 e. The van der Waals surface area contributed by atoms with E-state index in [0.717, 1.165) is 6.07 Å². The molecular formula is C14H13FN2O3. The summed E-state index contributed by atoms with van der Waals surface area (Å²) in [5, 5.41) is 0. The van der Waals surface area contributed by atoms with Gasteiger partial charge in [-0.3, -0.25) is 4.79 Å². The number of halogens is 1. The monoisotopic (exact) mass is 276 g/mol. The third-order valence-electron chi connectivity index (χ3n) is 2.81. The van der Waals surface area contributed by atoms with Crippen LogP contribution in [0.5, 0.6) is 0 Å². The van der Waals surface area contributed by atoms with Crippen LogP contribution in [0.25, 0.3) is 11.1 Å². The van der Waals surface area contributed by atoms with Gasteiger partial charge in [0, 0.05) is 23.0 Å². The van der Waals surface area contributed by atoms with Crippen LogP contribution in [0.2, 0.25) is 0 Å². The number of hydrogen-bond donors (Lipinski definition) is 2. The van der Waals surface area contributed by atoms with E-state index in [1.165, 1.54) is 18.3 Å². The molecule has 0 aliphatic carbocycles. The van der Waals surface area contributed by atoms with Crippen molar-refractivity contribution in [2.75, 3.05) is 12.3 Å². The number of hydrogen-bond acceptors (Lipinski definition) is 4. The van der Waals surface area contributed by atoms with E-state index in [1.807, 2.05) is 0 Å². The molecule has 20 heavy (non-hydrogen) atoms. The van der Waals surface area contributed by atoms with Crippen molar-refractivity contribution in [1.29, 1.82) is 0 Å². The van der Waals surface area contributed by atoms with E-state index in [-0.39, 0.29) is 23.6 Å². The van der Waals surface area contributed by atoms with Gasteiger partial charge in [0.15, 0.2) is 6.29 Å². The van der Waals surface area contributed by atoms with Crippen LogP contribution in [0, 0.1) is 5.82 Å². The third-order valence-corrected chi connectivity index (χ3v) is 2.81. The van der Waals surface area contributed by atoms with Gasteiger partial charge in [0.1, 0.15) is 5.82 Å². The van der Waals surface area contributed by atoms with Gasteiger partial charge in [-0.15, -0.1) is 0 Å². The van der Waals surface area contributed by atoms with Crippen LogP contribution in [-0.2, 0) is 4.74 Å². The Morgan fingerprint density at radius 2 is 2.25 bits per heavy atom. The Bertz CT molecular complexity index is 664. The van der Waals surface area contributed by atoms with E-state index in [4.69, 9.17) is 10.5 Å². The molecule has 0 atom stereocenters. The third kappa shape index (κ3) is 2.40. The van der Waals surface area contributed by atoms with Crippen LogP contribution in [-0.4, -0.2) is 23.8 Å². The lowest BCUT2D eigenvalue weighted by Gasteiger charge is -2.08. The Balaban J connectivity index is 2.62. The zero-order valence-electron chi connectivity index (χ0n) is 10.8. The average molecular weight is 276 g/mol. The molecule has 0 saturated heterocycles. The van der Waals surface area contributed by atoms with Gasteiger partial charge in [0.2, 0.25) is 0 Å². The molecule has 0 unspecified atom stereocenters. The van der Waals surface area contributed by atoms with Crippen molar-refractivity contribution in [2.45, 2.75) is 6.92 Å². The molecule has 6 heteroatoms. The van der Waals surface area contributed by atoms with Crippen molar-refractivity contribution >= 4 is 17.9 Å². The number of nitrogens with one attached hydrogen (secondary N) is 1. The quantitative estimate of drug-likeness (QED) is 0.510. The van der Waals surface area contributed by atoms with Gasteiger partial charge < -0.3 is 15.5 Å². The number of nitrogens with two attached hydrogens (primary N) is 1. The minimum Gasteiger partial charge on any atom is -0.462 e. The van der Waals surface area contributed by atoms with Crippen molar-refractivity contribution in [3.05, 3.63) is 41.5 Å². The highest BCUT2D eigenvalue weighted by Gasteiger charge is 2.21. The molecule has 1 aromatic carbocycles. The molecule has 0 amide bonds. The van der Waals surface area contributed by atoms with E-state index < -0.39 is 11.8 Å². The second kappa shape index (κ2) is 5.56. The number of ether oxygens (including phenoxy) is 1. The largest absolute Gasteiger partial charge is 0.462 e. The fraction of sp³-hybridized carbons (Fsp3) is 0.143. The number of aldehydes is 1. The van der Waals surface area contributed by atoms with Crippen LogP contribution in [0.15, 0.2) is 24.4 Å². The maximum atomic E-state index is 13.1. The molecule has 0 saturated carbocycles. The predicted molar refractivity (Wildman–Crippen MR) is 71.9 cm³/mol. The first-order chi connectivity index (χ1) is 9.58. The van der Waals surface area contributed by atoms with E-state index in [2.05, 4.69) is 4.98 Å². The standard InChI is InChI=1S/C14H13FN2O3/c1-2-20-14(19)10-6-17-12(7-18)13(10)9-4-3-8(15)5-11(9)16/h3-7,17H,2,16H2,1H3. The summed E-state index contributed by atoms with van der Waals surface area (Å²) < 4.78 is 18.0. The lowest BCUT2D eigenvalue weighted by atomic mass is 10.00. The highest BCUT2D eigenvalue weighted by molar-refractivity contribution is 6.03. The summed E-state index contributed by atoms with van der Waals surface area (Å²) in [6.07, 6.45) is 1.95. The summed E-state index contributed by atoms with van der Waals surface area (Å²) >= 11 is 0.